The summed E-state index contributed by atoms with van der Waals surface area (Å²) < 4.78 is 0. The van der Waals surface area contributed by atoms with E-state index in [9.17, 15) is 53.4 Å². The van der Waals surface area contributed by atoms with Crippen molar-refractivity contribution in [1.82, 2.24) is 55.6 Å². The summed E-state index contributed by atoms with van der Waals surface area (Å²) in [6, 6.07) is -13.2. The minimum Gasteiger partial charge on any atom is -0.390 e. The minimum absolute atomic E-state index is 0.00763. The molecule has 24 nitrogen and oxygen atoms in total. The highest BCUT2D eigenvalue weighted by molar-refractivity contribution is 6.02. The van der Waals surface area contributed by atoms with Gasteiger partial charge >= 0.3 is 0 Å². The minimum atomic E-state index is -1.67. The van der Waals surface area contributed by atoms with Crippen LogP contribution in [0.4, 0.5) is 0 Å². The summed E-state index contributed by atoms with van der Waals surface area (Å²) in [5.74, 6) is -10.8. The van der Waals surface area contributed by atoms with Crippen molar-refractivity contribution in [3.8, 4) is 0 Å². The Bertz CT molecular complexity index is 2480. The number of carbonyl (C=O) groups excluding carboxylic acids is 11. The van der Waals surface area contributed by atoms with E-state index < -0.39 is 161 Å². The van der Waals surface area contributed by atoms with Gasteiger partial charge in [-0.25, -0.2) is 0 Å². The van der Waals surface area contributed by atoms with E-state index in [-0.39, 0.29) is 56.3 Å². The standard InChI is InChI=1S/C64H113N11O13/c1-26-28-30-40(13)52(76)51-56(80)67-44(29-27-2)59(83)69(19)43(16)58(82)73(23)48(34-64(17,18)88)55(79)68-49(38(9)10)62(86)70(20)45(31-35(3)4)54(78)65-41(14)53(77)66-42(15)57(81)71(21)46(32-36(5)6)60(84)72(22)47(33-37(7)8)61(85)74(24)50(39(11)12)63(87)75(51)25/h26,28,35-42,44-52,76,88H,16,27,29-34H2,1-15,17-25H3,(H,65,78)(H,66,77)(H,67,80)(H,68,79)/b28-26+/t40-,41-,42+,44+,45-,46+,47+,48+,49-,50+,51+,52-/m1/s1. The van der Waals surface area contributed by atoms with Crippen molar-refractivity contribution >= 4 is 65.0 Å². The lowest BCUT2D eigenvalue weighted by Gasteiger charge is -2.41. The molecule has 12 atom stereocenters. The molecular formula is C64H113N11O13. The number of amides is 11. The Labute approximate surface area is 525 Å². The Kier molecular flexibility index (Phi) is 31.7. The third-order valence-corrected chi connectivity index (χ3v) is 16.4. The maximum atomic E-state index is 15.2. The van der Waals surface area contributed by atoms with Gasteiger partial charge in [0, 0.05) is 55.8 Å². The number of likely N-dealkylation sites (N-methyl/N-ethyl adjacent to an activating group) is 7. The van der Waals surface area contributed by atoms with Crippen molar-refractivity contribution in [3.05, 3.63) is 24.4 Å². The monoisotopic (exact) mass is 1240 g/mol. The fourth-order valence-corrected chi connectivity index (χ4v) is 10.9. The Hall–Kier alpha value is -6.43. The molecule has 0 aromatic rings. The summed E-state index contributed by atoms with van der Waals surface area (Å²) in [5, 5.41) is 34.2. The van der Waals surface area contributed by atoms with Crippen LogP contribution in [0, 0.1) is 35.5 Å². The molecule has 0 saturated carbocycles. The molecule has 0 radical (unpaired) electrons. The highest BCUT2D eigenvalue weighted by Crippen LogP contribution is 2.26. The van der Waals surface area contributed by atoms with Crippen LogP contribution in [0.15, 0.2) is 24.4 Å². The Balaban J connectivity index is 4.44. The quantitative estimate of drug-likeness (QED) is 0.0957. The van der Waals surface area contributed by atoms with E-state index in [1.165, 1.54) is 96.6 Å². The molecule has 0 aliphatic carbocycles. The smallest absolute Gasteiger partial charge is 0.270 e. The van der Waals surface area contributed by atoms with E-state index in [2.05, 4.69) is 27.8 Å². The van der Waals surface area contributed by atoms with Crippen LogP contribution in [0.2, 0.25) is 0 Å². The van der Waals surface area contributed by atoms with Crippen LogP contribution in [0.1, 0.15) is 163 Å². The molecule has 1 aliphatic heterocycles. The number of nitrogens with one attached hydrogen (secondary N) is 4. The largest absolute Gasteiger partial charge is 0.390 e. The van der Waals surface area contributed by atoms with Crippen molar-refractivity contribution in [2.45, 2.75) is 235 Å². The van der Waals surface area contributed by atoms with E-state index >= 15 is 9.59 Å². The molecule has 1 saturated heterocycles. The second-order valence-corrected chi connectivity index (χ2v) is 26.9. The van der Waals surface area contributed by atoms with E-state index in [0.717, 1.165) is 14.7 Å². The van der Waals surface area contributed by atoms with Gasteiger partial charge in [-0.15, -0.1) is 0 Å². The van der Waals surface area contributed by atoms with Crippen molar-refractivity contribution in [2.24, 2.45) is 35.5 Å². The lowest BCUT2D eigenvalue weighted by atomic mass is 9.91. The van der Waals surface area contributed by atoms with Crippen LogP contribution in [0.5, 0.6) is 0 Å². The molecule has 502 valence electrons. The van der Waals surface area contributed by atoms with Crippen LogP contribution in [0.3, 0.4) is 0 Å². The normalized spacial score (nSPS) is 26.6. The first kappa shape index (κ1) is 79.6. The van der Waals surface area contributed by atoms with E-state index in [4.69, 9.17) is 0 Å². The van der Waals surface area contributed by atoms with Crippen molar-refractivity contribution < 1.29 is 63.0 Å². The average Bonchev–Trinajstić information content (AvgIpc) is 3.65. The molecule has 1 rings (SSSR count). The molecule has 1 fully saturated rings. The molecule has 88 heavy (non-hydrogen) atoms. The predicted molar refractivity (Wildman–Crippen MR) is 339 cm³/mol. The zero-order valence-electron chi connectivity index (χ0n) is 57.6. The molecule has 6 N–H and O–H groups in total. The molecule has 1 aliphatic rings. The lowest BCUT2D eigenvalue weighted by Crippen LogP contribution is -2.63. The molecule has 1 heterocycles. The zero-order chi connectivity index (χ0) is 68.5. The zero-order valence-corrected chi connectivity index (χ0v) is 57.6. The Morgan fingerprint density at radius 1 is 0.523 bits per heavy atom. The maximum absolute atomic E-state index is 15.2. The lowest BCUT2D eigenvalue weighted by molar-refractivity contribution is -0.157. The number of hydrogen-bond donors (Lipinski definition) is 6. The highest BCUT2D eigenvalue weighted by atomic mass is 16.3. The van der Waals surface area contributed by atoms with Crippen molar-refractivity contribution in [3.63, 3.8) is 0 Å². The summed E-state index contributed by atoms with van der Waals surface area (Å²) >= 11 is 0. The van der Waals surface area contributed by atoms with E-state index in [1.807, 2.05) is 41.5 Å². The summed E-state index contributed by atoms with van der Waals surface area (Å²) in [6.07, 6.45) is 2.63. The van der Waals surface area contributed by atoms with Gasteiger partial charge in [0.1, 0.15) is 66.1 Å². The summed E-state index contributed by atoms with van der Waals surface area (Å²) in [5.41, 5.74) is -2.03. The topological polar surface area (TPSA) is 299 Å². The Morgan fingerprint density at radius 2 is 0.966 bits per heavy atom. The second kappa shape index (κ2) is 35.1. The van der Waals surface area contributed by atoms with E-state index in [1.54, 1.807) is 60.6 Å². The van der Waals surface area contributed by atoms with Crippen LogP contribution in [-0.2, 0) is 52.7 Å². The fourth-order valence-electron chi connectivity index (χ4n) is 10.9. The average molecular weight is 1240 g/mol. The fraction of sp³-hybridized carbons (Fsp3) is 0.766. The number of rotatable bonds is 16. The summed E-state index contributed by atoms with van der Waals surface area (Å²) in [7, 11) is 9.54. The molecule has 0 aromatic heterocycles. The predicted octanol–water partition coefficient (Wildman–Crippen LogP) is 3.29. The number of carbonyl (C=O) groups is 11. The molecule has 11 amide bonds. The molecule has 24 heteroatoms. The first-order valence-electron chi connectivity index (χ1n) is 31.2. The van der Waals surface area contributed by atoms with Crippen molar-refractivity contribution in [1.29, 1.82) is 0 Å². The summed E-state index contributed by atoms with van der Waals surface area (Å²) in [4.78, 5) is 169. The van der Waals surface area contributed by atoms with Gasteiger partial charge < -0.3 is 65.8 Å². The van der Waals surface area contributed by atoms with Gasteiger partial charge in [-0.3, -0.25) is 52.7 Å². The third-order valence-electron chi connectivity index (χ3n) is 16.4. The number of hydrogen-bond acceptors (Lipinski definition) is 13. The molecule has 0 unspecified atom stereocenters. The highest BCUT2D eigenvalue weighted by Gasteiger charge is 2.46. The number of aliphatic hydroxyl groups is 2. The van der Waals surface area contributed by atoms with Crippen LogP contribution in [0.25, 0.3) is 0 Å². The number of aliphatic hydroxyl groups excluding tert-OH is 1. The number of allylic oxidation sites excluding steroid dienone is 2. The molecule has 0 spiro atoms. The van der Waals surface area contributed by atoms with E-state index in [0.29, 0.717) is 6.42 Å². The Morgan fingerprint density at radius 3 is 1.42 bits per heavy atom. The van der Waals surface area contributed by atoms with Gasteiger partial charge in [-0.1, -0.05) is 108 Å². The first-order chi connectivity index (χ1) is 40.4. The second-order valence-electron chi connectivity index (χ2n) is 26.9. The van der Waals surface area contributed by atoms with Gasteiger partial charge in [0.2, 0.25) is 59.1 Å². The molecule has 0 aromatic carbocycles. The van der Waals surface area contributed by atoms with Gasteiger partial charge in [-0.05, 0) is 102 Å². The van der Waals surface area contributed by atoms with Gasteiger partial charge in [-0.2, -0.15) is 0 Å². The SMILES string of the molecule is C=C1C(=O)N(C)[C@@H](CC(C)(C)O)C(=O)N[C@H](C(C)C)C(=O)N(C)[C@H](CC(C)C)C(=O)N[C@H](C)C(=O)N[C@@H](C)C(=O)N(C)[C@@H](CC(C)C)C(=O)N(C)[C@@H](CC(C)C)C(=O)N(C)[C@@H](C(C)C)C(=O)N(C)[C@@H]([C@H](O)[C@H](C)C/C=C/C)C(=O)N[C@@H](CCC)C(=O)N1C. The third kappa shape index (κ3) is 22.0. The van der Waals surface area contributed by atoms with Crippen LogP contribution in [-0.4, -0.2) is 231 Å². The summed E-state index contributed by atoms with van der Waals surface area (Å²) in [6.45, 7) is 32.7. The number of nitrogens with zero attached hydrogens (tertiary/aromatic N) is 7. The van der Waals surface area contributed by atoms with Crippen LogP contribution >= 0.6 is 0 Å². The van der Waals surface area contributed by atoms with Gasteiger partial charge in [0.25, 0.3) is 5.91 Å². The van der Waals surface area contributed by atoms with Gasteiger partial charge in [0.15, 0.2) is 0 Å². The molecule has 0 bridgehead atoms. The van der Waals surface area contributed by atoms with Crippen LogP contribution < -0.4 is 21.3 Å². The first-order valence-corrected chi connectivity index (χ1v) is 31.2. The van der Waals surface area contributed by atoms with Crippen molar-refractivity contribution in [2.75, 3.05) is 49.3 Å². The molecular weight excluding hydrogens is 1130 g/mol. The maximum Gasteiger partial charge on any atom is 0.270 e. The van der Waals surface area contributed by atoms with Gasteiger partial charge in [0.05, 0.1) is 11.7 Å².